The van der Waals surface area contributed by atoms with E-state index in [0.717, 1.165) is 18.4 Å². The normalized spacial score (nSPS) is 27.7. The van der Waals surface area contributed by atoms with Gasteiger partial charge in [0.2, 0.25) is 5.91 Å². The number of likely N-dealkylation sites (tertiary alicyclic amines) is 1. The molecule has 1 heterocycles. The molecule has 2 N–H and O–H groups in total. The van der Waals surface area contributed by atoms with Crippen LogP contribution in [-0.4, -0.2) is 41.0 Å². The summed E-state index contributed by atoms with van der Waals surface area (Å²) in [5.41, 5.74) is 0.868. The summed E-state index contributed by atoms with van der Waals surface area (Å²) in [6, 6.07) is 5.04. The number of carboxylic acids is 1. The number of amides is 1. The number of nitrogens with one attached hydrogen (secondary N) is 1. The lowest BCUT2D eigenvalue weighted by atomic mass is 9.81. The fraction of sp³-hybridized carbons (Fsp3) is 0.556. The topological polar surface area (TPSA) is 69.6 Å². The van der Waals surface area contributed by atoms with Crippen molar-refractivity contribution in [3.63, 3.8) is 0 Å². The van der Waals surface area contributed by atoms with Crippen LogP contribution in [0.3, 0.4) is 0 Å². The van der Waals surface area contributed by atoms with Gasteiger partial charge in [-0.2, -0.15) is 0 Å². The van der Waals surface area contributed by atoms with Gasteiger partial charge in [0.25, 0.3) is 0 Å². The number of halogens is 1. The molecule has 5 nitrogen and oxygen atoms in total. The molecule has 1 saturated carbocycles. The highest BCUT2D eigenvalue weighted by atomic mass is 35.5. The van der Waals surface area contributed by atoms with Crippen LogP contribution in [0.25, 0.3) is 0 Å². The summed E-state index contributed by atoms with van der Waals surface area (Å²) >= 11 is 6.09. The van der Waals surface area contributed by atoms with Crippen LogP contribution < -0.4 is 5.32 Å². The highest BCUT2D eigenvalue weighted by molar-refractivity contribution is 6.31. The monoisotopic (exact) mass is 350 g/mol. The van der Waals surface area contributed by atoms with Crippen molar-refractivity contribution < 1.29 is 14.7 Å². The first-order chi connectivity index (χ1) is 11.3. The molecule has 2 fully saturated rings. The lowest BCUT2D eigenvalue weighted by Gasteiger charge is -2.26. The minimum absolute atomic E-state index is 0.124. The molecule has 1 saturated heterocycles. The van der Waals surface area contributed by atoms with Crippen molar-refractivity contribution in [3.8, 4) is 0 Å². The summed E-state index contributed by atoms with van der Waals surface area (Å²) in [4.78, 5) is 26.4. The maximum Gasteiger partial charge on any atom is 0.311 e. The van der Waals surface area contributed by atoms with E-state index in [9.17, 15) is 14.7 Å². The van der Waals surface area contributed by atoms with E-state index in [-0.39, 0.29) is 17.9 Å². The summed E-state index contributed by atoms with van der Waals surface area (Å²) in [6.45, 7) is 4.83. The second kappa shape index (κ2) is 6.37. The van der Waals surface area contributed by atoms with Crippen molar-refractivity contribution in [1.29, 1.82) is 0 Å². The van der Waals surface area contributed by atoms with Crippen molar-refractivity contribution in [2.75, 3.05) is 18.4 Å². The van der Waals surface area contributed by atoms with Crippen molar-refractivity contribution >= 4 is 29.2 Å². The number of rotatable bonds is 4. The maximum absolute atomic E-state index is 12.6. The average Bonchev–Trinajstić information content (AvgIpc) is 3.09. The number of anilines is 1. The maximum atomic E-state index is 12.6. The number of carboxylic acid groups (broad SMARTS) is 1. The molecule has 130 valence electrons. The van der Waals surface area contributed by atoms with Crippen LogP contribution in [0, 0.1) is 18.3 Å². The number of benzene rings is 1. The van der Waals surface area contributed by atoms with Gasteiger partial charge in [0.1, 0.15) is 0 Å². The van der Waals surface area contributed by atoms with Gasteiger partial charge in [-0.15, -0.1) is 0 Å². The molecular formula is C18H23ClN2O3. The second-order valence-electron chi connectivity index (χ2n) is 7.06. The molecule has 3 atom stereocenters. The Hall–Kier alpha value is -1.59. The van der Waals surface area contributed by atoms with Crippen LogP contribution in [0.2, 0.25) is 5.02 Å². The van der Waals surface area contributed by atoms with Crippen molar-refractivity contribution in [2.45, 2.75) is 39.2 Å². The fourth-order valence-corrected chi connectivity index (χ4v) is 4.29. The Kier molecular flexibility index (Phi) is 4.58. The number of carbonyl (C=O) groups excluding carboxylic acids is 1. The number of aliphatic carboxylic acids is 1. The van der Waals surface area contributed by atoms with Crippen LogP contribution in [0.5, 0.6) is 0 Å². The summed E-state index contributed by atoms with van der Waals surface area (Å²) in [7, 11) is 0. The van der Waals surface area contributed by atoms with E-state index in [1.807, 2.05) is 24.8 Å². The number of fused-ring (bicyclic) bond motifs is 1. The molecule has 2 aliphatic rings. The van der Waals surface area contributed by atoms with Gasteiger partial charge >= 0.3 is 5.97 Å². The second-order valence-corrected chi connectivity index (χ2v) is 7.46. The highest BCUT2D eigenvalue weighted by Gasteiger charge is 2.55. The standard InChI is InChI=1S/C18H23ClN2O3/c1-11-14(19)6-3-7-15(11)20-16(22)12(2)21-9-13-5-4-8-18(13,10-21)17(23)24/h3,6-7,12-13H,4-5,8-10H2,1-2H3,(H,20,22)(H,23,24)/t12?,13-,18+/m0/s1. The van der Waals surface area contributed by atoms with Gasteiger partial charge in [-0.1, -0.05) is 24.1 Å². The summed E-state index contributed by atoms with van der Waals surface area (Å²) in [5.74, 6) is -0.690. The van der Waals surface area contributed by atoms with E-state index >= 15 is 0 Å². The molecule has 1 amide bonds. The van der Waals surface area contributed by atoms with E-state index in [0.29, 0.717) is 30.2 Å². The van der Waals surface area contributed by atoms with Crippen LogP contribution in [-0.2, 0) is 9.59 Å². The van der Waals surface area contributed by atoms with E-state index in [1.54, 1.807) is 12.1 Å². The van der Waals surface area contributed by atoms with E-state index in [1.165, 1.54) is 0 Å². The van der Waals surface area contributed by atoms with Crippen molar-refractivity contribution in [1.82, 2.24) is 4.90 Å². The lowest BCUT2D eigenvalue weighted by molar-refractivity contribution is -0.149. The Morgan fingerprint density at radius 1 is 1.46 bits per heavy atom. The summed E-state index contributed by atoms with van der Waals surface area (Å²) in [5, 5.41) is 13.2. The van der Waals surface area contributed by atoms with E-state index < -0.39 is 11.4 Å². The van der Waals surface area contributed by atoms with Gasteiger partial charge in [0, 0.05) is 23.8 Å². The molecule has 0 spiro atoms. The number of carbonyl (C=O) groups is 2. The third kappa shape index (κ3) is 2.80. The quantitative estimate of drug-likeness (QED) is 0.875. The van der Waals surface area contributed by atoms with Crippen LogP contribution in [0.1, 0.15) is 31.7 Å². The molecule has 1 aromatic rings. The van der Waals surface area contributed by atoms with E-state index in [2.05, 4.69) is 5.32 Å². The van der Waals surface area contributed by atoms with Gasteiger partial charge < -0.3 is 10.4 Å². The molecule has 6 heteroatoms. The molecule has 0 radical (unpaired) electrons. The summed E-state index contributed by atoms with van der Waals surface area (Å²) in [6.07, 6.45) is 2.61. The molecule has 0 aromatic heterocycles. The Labute approximate surface area is 147 Å². The first kappa shape index (κ1) is 17.2. The predicted octanol–water partition coefficient (Wildman–Crippen LogP) is 3.16. The molecule has 0 bridgehead atoms. The fourth-order valence-electron chi connectivity index (χ4n) is 4.12. The SMILES string of the molecule is Cc1c(Cl)cccc1NC(=O)C(C)N1C[C@@H]2CCC[C@@]2(C(=O)O)C1. The number of hydrogen-bond acceptors (Lipinski definition) is 3. The number of hydrogen-bond donors (Lipinski definition) is 2. The Morgan fingerprint density at radius 2 is 2.21 bits per heavy atom. The Bertz CT molecular complexity index is 678. The predicted molar refractivity (Wildman–Crippen MR) is 93.3 cm³/mol. The largest absolute Gasteiger partial charge is 0.481 e. The van der Waals surface area contributed by atoms with Gasteiger partial charge in [0.05, 0.1) is 11.5 Å². The van der Waals surface area contributed by atoms with Crippen LogP contribution >= 0.6 is 11.6 Å². The minimum Gasteiger partial charge on any atom is -0.481 e. The highest BCUT2D eigenvalue weighted by Crippen LogP contribution is 2.49. The molecule has 1 aliphatic heterocycles. The zero-order valence-corrected chi connectivity index (χ0v) is 14.8. The molecule has 1 unspecified atom stereocenters. The summed E-state index contributed by atoms with van der Waals surface area (Å²) < 4.78 is 0. The van der Waals surface area contributed by atoms with Gasteiger partial charge in [-0.25, -0.2) is 0 Å². The van der Waals surface area contributed by atoms with E-state index in [4.69, 9.17) is 11.6 Å². The third-order valence-corrected chi connectivity index (χ3v) is 6.19. The van der Waals surface area contributed by atoms with Crippen LogP contribution in [0.15, 0.2) is 18.2 Å². The molecular weight excluding hydrogens is 328 g/mol. The minimum atomic E-state index is -0.717. The number of nitrogens with zero attached hydrogens (tertiary/aromatic N) is 1. The first-order valence-corrected chi connectivity index (χ1v) is 8.76. The molecule has 1 aliphatic carbocycles. The van der Waals surface area contributed by atoms with Gasteiger partial charge in [-0.3, -0.25) is 14.5 Å². The smallest absolute Gasteiger partial charge is 0.311 e. The molecule has 1 aromatic carbocycles. The van der Waals surface area contributed by atoms with Crippen molar-refractivity contribution in [2.24, 2.45) is 11.3 Å². The zero-order chi connectivity index (χ0) is 17.5. The molecule has 3 rings (SSSR count). The zero-order valence-electron chi connectivity index (χ0n) is 14.0. The van der Waals surface area contributed by atoms with Gasteiger partial charge in [0.15, 0.2) is 0 Å². The van der Waals surface area contributed by atoms with Crippen molar-refractivity contribution in [3.05, 3.63) is 28.8 Å². The third-order valence-electron chi connectivity index (χ3n) is 5.78. The van der Waals surface area contributed by atoms with Gasteiger partial charge in [-0.05, 0) is 50.3 Å². The average molecular weight is 351 g/mol. The first-order valence-electron chi connectivity index (χ1n) is 8.38. The Balaban J connectivity index is 1.71. The Morgan fingerprint density at radius 3 is 2.88 bits per heavy atom. The molecule has 24 heavy (non-hydrogen) atoms. The lowest BCUT2D eigenvalue weighted by Crippen LogP contribution is -2.43. The van der Waals surface area contributed by atoms with Crippen LogP contribution in [0.4, 0.5) is 5.69 Å².